The summed E-state index contributed by atoms with van der Waals surface area (Å²) in [6.45, 7) is 0. The first-order valence-corrected chi connectivity index (χ1v) is 7.15. The number of hydrogen-bond donors (Lipinski definition) is 1. The van der Waals surface area contributed by atoms with E-state index < -0.39 is 0 Å². The van der Waals surface area contributed by atoms with E-state index in [0.29, 0.717) is 5.92 Å². The maximum Gasteiger partial charge on any atom is 0.127 e. The van der Waals surface area contributed by atoms with Crippen molar-refractivity contribution in [3.63, 3.8) is 0 Å². The molecule has 0 aliphatic heterocycles. The minimum atomic E-state index is 0.601. The summed E-state index contributed by atoms with van der Waals surface area (Å²) in [6, 6.07) is 10.1. The van der Waals surface area contributed by atoms with E-state index in [0.717, 1.165) is 21.7 Å². The fourth-order valence-electron chi connectivity index (χ4n) is 2.62. The Morgan fingerprint density at radius 3 is 2.50 bits per heavy atom. The number of hydrogen-bond acceptors (Lipinski definition) is 2. The second kappa shape index (κ2) is 4.76. The third kappa shape index (κ3) is 2.17. The Morgan fingerprint density at radius 2 is 1.83 bits per heavy atom. The number of halogens is 1. The van der Waals surface area contributed by atoms with E-state index in [2.05, 4.69) is 21.0 Å². The zero-order chi connectivity index (χ0) is 12.5. The fourth-order valence-corrected chi connectivity index (χ4v) is 2.89. The van der Waals surface area contributed by atoms with Crippen molar-refractivity contribution in [3.05, 3.63) is 40.5 Å². The van der Waals surface area contributed by atoms with E-state index in [1.54, 1.807) is 0 Å². The van der Waals surface area contributed by atoms with E-state index in [1.165, 1.54) is 25.7 Å². The molecule has 2 N–H and O–H groups in total. The lowest BCUT2D eigenvalue weighted by Crippen LogP contribution is -2.02. The Bertz CT molecular complexity index is 539. The van der Waals surface area contributed by atoms with Gasteiger partial charge < -0.3 is 5.73 Å². The highest BCUT2D eigenvalue weighted by Gasteiger charge is 2.20. The molecule has 1 aliphatic carbocycles. The van der Waals surface area contributed by atoms with Gasteiger partial charge >= 0.3 is 0 Å². The summed E-state index contributed by atoms with van der Waals surface area (Å²) in [5, 5.41) is 4.67. The minimum Gasteiger partial charge on any atom is -0.384 e. The van der Waals surface area contributed by atoms with Crippen molar-refractivity contribution in [2.75, 3.05) is 5.73 Å². The van der Waals surface area contributed by atoms with Gasteiger partial charge in [-0.1, -0.05) is 28.8 Å². The summed E-state index contributed by atoms with van der Waals surface area (Å²) in [6.07, 6.45) is 5.12. The van der Waals surface area contributed by atoms with E-state index in [4.69, 9.17) is 5.73 Å². The molecule has 0 bridgehead atoms. The van der Waals surface area contributed by atoms with Gasteiger partial charge in [0, 0.05) is 16.5 Å². The molecule has 0 atom stereocenters. The average Bonchev–Trinajstić information content (AvgIpc) is 2.99. The highest BCUT2D eigenvalue weighted by molar-refractivity contribution is 9.10. The summed E-state index contributed by atoms with van der Waals surface area (Å²) in [7, 11) is 0. The van der Waals surface area contributed by atoms with E-state index in [1.807, 2.05) is 35.0 Å². The van der Waals surface area contributed by atoms with Gasteiger partial charge in [-0.2, -0.15) is 5.10 Å². The van der Waals surface area contributed by atoms with Gasteiger partial charge in [0.1, 0.15) is 5.82 Å². The molecule has 94 valence electrons. The van der Waals surface area contributed by atoms with Gasteiger partial charge in [0.15, 0.2) is 0 Å². The van der Waals surface area contributed by atoms with E-state index in [9.17, 15) is 0 Å². The van der Waals surface area contributed by atoms with Crippen LogP contribution >= 0.6 is 15.9 Å². The molecule has 1 aliphatic rings. The van der Waals surface area contributed by atoms with Crippen LogP contribution in [0.15, 0.2) is 34.8 Å². The van der Waals surface area contributed by atoms with Crippen LogP contribution in [0.1, 0.15) is 37.3 Å². The van der Waals surface area contributed by atoms with E-state index in [-0.39, 0.29) is 0 Å². The molecule has 0 radical (unpaired) electrons. The molecule has 0 saturated heterocycles. The number of nitrogens with zero attached hydrogens (tertiary/aromatic N) is 2. The molecule has 2 aromatic rings. The van der Waals surface area contributed by atoms with Crippen molar-refractivity contribution in [3.8, 4) is 5.69 Å². The molecule has 0 spiro atoms. The average molecular weight is 306 g/mol. The monoisotopic (exact) mass is 305 g/mol. The lowest BCUT2D eigenvalue weighted by molar-refractivity contribution is 0.679. The van der Waals surface area contributed by atoms with Crippen LogP contribution in [0.3, 0.4) is 0 Å². The smallest absolute Gasteiger partial charge is 0.127 e. The standard InChI is InChI=1S/C14H16BrN3/c15-11-5-7-12(8-6-11)18-14(16)9-13(17-18)10-3-1-2-4-10/h5-10H,1-4,16H2. The van der Waals surface area contributed by atoms with Crippen molar-refractivity contribution in [1.29, 1.82) is 0 Å². The molecule has 1 heterocycles. The normalized spacial score (nSPS) is 16.3. The predicted molar refractivity (Wildman–Crippen MR) is 76.9 cm³/mol. The molecular formula is C14H16BrN3. The van der Waals surface area contributed by atoms with Gasteiger partial charge in [0.25, 0.3) is 0 Å². The Hall–Kier alpha value is -1.29. The number of anilines is 1. The summed E-state index contributed by atoms with van der Waals surface area (Å²) < 4.78 is 2.90. The number of aromatic nitrogens is 2. The predicted octanol–water partition coefficient (Wildman–Crippen LogP) is 3.87. The van der Waals surface area contributed by atoms with Crippen molar-refractivity contribution in [2.24, 2.45) is 0 Å². The molecule has 0 amide bonds. The molecular weight excluding hydrogens is 290 g/mol. The zero-order valence-corrected chi connectivity index (χ0v) is 11.7. The summed E-state index contributed by atoms with van der Waals surface area (Å²) in [5.41, 5.74) is 8.23. The first-order valence-electron chi connectivity index (χ1n) is 6.35. The third-order valence-electron chi connectivity index (χ3n) is 3.60. The molecule has 18 heavy (non-hydrogen) atoms. The highest BCUT2D eigenvalue weighted by atomic mass is 79.9. The molecule has 1 aromatic heterocycles. The molecule has 1 saturated carbocycles. The van der Waals surface area contributed by atoms with Gasteiger partial charge in [0.2, 0.25) is 0 Å². The zero-order valence-electron chi connectivity index (χ0n) is 10.1. The maximum absolute atomic E-state index is 6.07. The second-order valence-electron chi connectivity index (χ2n) is 4.86. The topological polar surface area (TPSA) is 43.8 Å². The van der Waals surface area contributed by atoms with Crippen LogP contribution in [0.2, 0.25) is 0 Å². The van der Waals surface area contributed by atoms with Crippen LogP contribution in [0.25, 0.3) is 5.69 Å². The summed E-state index contributed by atoms with van der Waals surface area (Å²) in [4.78, 5) is 0. The van der Waals surface area contributed by atoms with Gasteiger partial charge in [0.05, 0.1) is 11.4 Å². The summed E-state index contributed by atoms with van der Waals surface area (Å²) >= 11 is 3.43. The van der Waals surface area contributed by atoms with Crippen LogP contribution in [0.5, 0.6) is 0 Å². The van der Waals surface area contributed by atoms with Crippen LogP contribution in [0, 0.1) is 0 Å². The molecule has 3 nitrogen and oxygen atoms in total. The Balaban J connectivity index is 1.94. The first-order chi connectivity index (χ1) is 8.74. The molecule has 4 heteroatoms. The Morgan fingerprint density at radius 1 is 1.17 bits per heavy atom. The third-order valence-corrected chi connectivity index (χ3v) is 4.13. The molecule has 3 rings (SSSR count). The van der Waals surface area contributed by atoms with Crippen LogP contribution in [-0.4, -0.2) is 9.78 Å². The maximum atomic E-state index is 6.07. The SMILES string of the molecule is Nc1cc(C2CCCC2)nn1-c1ccc(Br)cc1. The summed E-state index contributed by atoms with van der Waals surface area (Å²) in [5.74, 6) is 1.32. The van der Waals surface area contributed by atoms with Gasteiger partial charge in [-0.25, -0.2) is 4.68 Å². The fraction of sp³-hybridized carbons (Fsp3) is 0.357. The Kier molecular flexibility index (Phi) is 3.12. The lowest BCUT2D eigenvalue weighted by Gasteiger charge is -2.05. The highest BCUT2D eigenvalue weighted by Crippen LogP contribution is 2.34. The molecule has 1 aromatic carbocycles. The van der Waals surface area contributed by atoms with E-state index >= 15 is 0 Å². The lowest BCUT2D eigenvalue weighted by atomic mass is 10.1. The van der Waals surface area contributed by atoms with Crippen LogP contribution in [0.4, 0.5) is 5.82 Å². The van der Waals surface area contributed by atoms with Crippen LogP contribution in [-0.2, 0) is 0 Å². The Labute approximate surface area is 115 Å². The molecule has 1 fully saturated rings. The van der Waals surface area contributed by atoms with Gasteiger partial charge in [-0.3, -0.25) is 0 Å². The van der Waals surface area contributed by atoms with Crippen molar-refractivity contribution >= 4 is 21.7 Å². The number of nitrogen functional groups attached to an aromatic ring is 1. The second-order valence-corrected chi connectivity index (χ2v) is 5.78. The largest absolute Gasteiger partial charge is 0.384 e. The van der Waals surface area contributed by atoms with Crippen molar-refractivity contribution in [1.82, 2.24) is 9.78 Å². The van der Waals surface area contributed by atoms with Crippen molar-refractivity contribution < 1.29 is 0 Å². The number of rotatable bonds is 2. The van der Waals surface area contributed by atoms with Crippen LogP contribution < -0.4 is 5.73 Å². The molecule has 0 unspecified atom stereocenters. The number of benzene rings is 1. The number of nitrogens with two attached hydrogens (primary N) is 1. The minimum absolute atomic E-state index is 0.601. The first kappa shape index (κ1) is 11.8. The van der Waals surface area contributed by atoms with Gasteiger partial charge in [-0.15, -0.1) is 0 Å². The van der Waals surface area contributed by atoms with Gasteiger partial charge in [-0.05, 0) is 37.1 Å². The quantitative estimate of drug-likeness (QED) is 0.915. The van der Waals surface area contributed by atoms with Crippen molar-refractivity contribution in [2.45, 2.75) is 31.6 Å².